The molecular formula is C25H37N3O3. The van der Waals surface area contributed by atoms with E-state index in [0.29, 0.717) is 25.6 Å². The average molecular weight is 428 g/mol. The summed E-state index contributed by atoms with van der Waals surface area (Å²) >= 11 is 0. The maximum Gasteiger partial charge on any atom is 0.236 e. The van der Waals surface area contributed by atoms with E-state index in [0.717, 1.165) is 56.8 Å². The first-order valence-electron chi connectivity index (χ1n) is 11.6. The maximum absolute atomic E-state index is 13.4. The third kappa shape index (κ3) is 6.10. The number of rotatable bonds is 8. The largest absolute Gasteiger partial charge is 0.497 e. The van der Waals surface area contributed by atoms with Crippen molar-refractivity contribution in [1.29, 1.82) is 0 Å². The number of hydrogen-bond acceptors (Lipinski definition) is 4. The Balaban J connectivity index is 1.58. The first kappa shape index (κ1) is 23.3. The van der Waals surface area contributed by atoms with E-state index in [4.69, 9.17) is 4.74 Å². The Morgan fingerprint density at radius 3 is 2.58 bits per heavy atom. The van der Waals surface area contributed by atoms with Gasteiger partial charge in [0.05, 0.1) is 13.7 Å². The molecule has 0 bridgehead atoms. The highest BCUT2D eigenvalue weighted by Gasteiger charge is 2.34. The van der Waals surface area contributed by atoms with E-state index in [1.54, 1.807) is 7.11 Å². The second-order valence-electron chi connectivity index (χ2n) is 8.56. The van der Waals surface area contributed by atoms with Gasteiger partial charge in [-0.1, -0.05) is 24.3 Å². The highest BCUT2D eigenvalue weighted by Crippen LogP contribution is 2.31. The van der Waals surface area contributed by atoms with Crippen molar-refractivity contribution in [2.24, 2.45) is 11.8 Å². The molecule has 3 rings (SSSR count). The minimum atomic E-state index is 0.0324. The highest BCUT2D eigenvalue weighted by atomic mass is 16.5. The summed E-state index contributed by atoms with van der Waals surface area (Å²) < 4.78 is 5.33. The van der Waals surface area contributed by atoms with Crippen LogP contribution in [0.2, 0.25) is 0 Å². The second kappa shape index (κ2) is 11.3. The third-order valence-electron chi connectivity index (χ3n) is 6.70. The molecule has 31 heavy (non-hydrogen) atoms. The summed E-state index contributed by atoms with van der Waals surface area (Å²) in [5, 5.41) is 0. The molecule has 0 unspecified atom stereocenters. The lowest BCUT2D eigenvalue weighted by atomic mass is 9.81. The first-order chi connectivity index (χ1) is 15.0. The van der Waals surface area contributed by atoms with Crippen LogP contribution >= 0.6 is 0 Å². The summed E-state index contributed by atoms with van der Waals surface area (Å²) in [6, 6.07) is 7.95. The van der Waals surface area contributed by atoms with Gasteiger partial charge in [-0.3, -0.25) is 14.5 Å². The van der Waals surface area contributed by atoms with E-state index < -0.39 is 0 Å². The van der Waals surface area contributed by atoms with Gasteiger partial charge >= 0.3 is 0 Å². The van der Waals surface area contributed by atoms with Crippen molar-refractivity contribution < 1.29 is 14.3 Å². The SMILES string of the molecule is CCN(CC)C(=O)CN1CCC([C@H]2CC=CCN(Cc3cccc(OC)c3)C2=O)CC1. The Hall–Kier alpha value is -2.34. The van der Waals surface area contributed by atoms with Crippen molar-refractivity contribution >= 4 is 11.8 Å². The fraction of sp³-hybridized carbons (Fsp3) is 0.600. The number of methoxy groups -OCH3 is 1. The molecule has 2 heterocycles. The zero-order valence-electron chi connectivity index (χ0n) is 19.3. The molecule has 0 radical (unpaired) electrons. The molecule has 2 aliphatic heterocycles. The van der Waals surface area contributed by atoms with Gasteiger partial charge in [0, 0.05) is 32.1 Å². The predicted octanol–water partition coefficient (Wildman–Crippen LogP) is 3.18. The van der Waals surface area contributed by atoms with Crippen LogP contribution in [0.4, 0.5) is 0 Å². The molecule has 1 fully saturated rings. The van der Waals surface area contributed by atoms with Gasteiger partial charge in [-0.05, 0) is 69.8 Å². The van der Waals surface area contributed by atoms with Crippen LogP contribution in [0.25, 0.3) is 0 Å². The van der Waals surface area contributed by atoms with E-state index in [-0.39, 0.29) is 17.7 Å². The number of carbonyl (C=O) groups excluding carboxylic acids is 2. The molecule has 0 aromatic heterocycles. The summed E-state index contributed by atoms with van der Waals surface area (Å²) in [5.74, 6) is 1.69. The second-order valence-corrected chi connectivity index (χ2v) is 8.56. The van der Waals surface area contributed by atoms with Crippen LogP contribution in [0.1, 0.15) is 38.7 Å². The standard InChI is InChI=1S/C25H37N3O3/c1-4-27(5-2)24(29)19-26-15-12-21(13-16-26)23-11-6-7-14-28(25(23)30)18-20-9-8-10-22(17-20)31-3/h6-10,17,21,23H,4-5,11-16,18-19H2,1-3H3/t23-/m1/s1. The van der Waals surface area contributed by atoms with E-state index in [9.17, 15) is 9.59 Å². The number of nitrogens with zero attached hydrogens (tertiary/aromatic N) is 3. The van der Waals surface area contributed by atoms with E-state index >= 15 is 0 Å². The van der Waals surface area contributed by atoms with E-state index in [2.05, 4.69) is 17.1 Å². The molecule has 0 aliphatic carbocycles. The van der Waals surface area contributed by atoms with Gasteiger partial charge in [0.25, 0.3) is 0 Å². The van der Waals surface area contributed by atoms with Crippen LogP contribution in [0.3, 0.4) is 0 Å². The van der Waals surface area contributed by atoms with Crippen LogP contribution in [0.15, 0.2) is 36.4 Å². The van der Waals surface area contributed by atoms with Crippen LogP contribution in [-0.4, -0.2) is 72.9 Å². The fourth-order valence-corrected chi connectivity index (χ4v) is 4.78. The number of benzene rings is 1. The fourth-order valence-electron chi connectivity index (χ4n) is 4.78. The van der Waals surface area contributed by atoms with E-state index in [1.165, 1.54) is 0 Å². The molecule has 2 amide bonds. The quantitative estimate of drug-likeness (QED) is 0.598. The number of likely N-dealkylation sites (N-methyl/N-ethyl adjacent to an activating group) is 1. The summed E-state index contributed by atoms with van der Waals surface area (Å²) in [5.41, 5.74) is 1.09. The van der Waals surface area contributed by atoms with Gasteiger partial charge in [0.15, 0.2) is 0 Å². The van der Waals surface area contributed by atoms with Gasteiger partial charge in [-0.2, -0.15) is 0 Å². The van der Waals surface area contributed by atoms with Crippen LogP contribution < -0.4 is 4.74 Å². The Labute approximate surface area is 186 Å². The summed E-state index contributed by atoms with van der Waals surface area (Å²) in [4.78, 5) is 31.9. The number of likely N-dealkylation sites (tertiary alicyclic amines) is 1. The van der Waals surface area contributed by atoms with Crippen molar-refractivity contribution in [2.45, 2.75) is 39.7 Å². The van der Waals surface area contributed by atoms with Crippen molar-refractivity contribution in [3.8, 4) is 5.75 Å². The molecule has 6 heteroatoms. The number of ether oxygens (including phenoxy) is 1. The Morgan fingerprint density at radius 1 is 1.16 bits per heavy atom. The number of piperidine rings is 1. The zero-order valence-corrected chi connectivity index (χ0v) is 19.3. The Bertz CT molecular complexity index is 767. The molecule has 170 valence electrons. The lowest BCUT2D eigenvalue weighted by Gasteiger charge is -2.36. The van der Waals surface area contributed by atoms with Crippen molar-refractivity contribution in [2.75, 3.05) is 46.4 Å². The summed E-state index contributed by atoms with van der Waals surface area (Å²) in [6.45, 7) is 9.11. The summed E-state index contributed by atoms with van der Waals surface area (Å²) in [6.07, 6.45) is 7.06. The van der Waals surface area contributed by atoms with Gasteiger partial charge in [0.2, 0.25) is 11.8 Å². The molecule has 1 aromatic carbocycles. The third-order valence-corrected chi connectivity index (χ3v) is 6.70. The van der Waals surface area contributed by atoms with Gasteiger partial charge in [0.1, 0.15) is 5.75 Å². The monoisotopic (exact) mass is 427 g/mol. The molecular weight excluding hydrogens is 390 g/mol. The number of amides is 2. The lowest BCUT2D eigenvalue weighted by Crippen LogP contribution is -2.46. The Kier molecular flexibility index (Phi) is 8.52. The van der Waals surface area contributed by atoms with Crippen molar-refractivity contribution in [1.82, 2.24) is 14.7 Å². The maximum atomic E-state index is 13.4. The van der Waals surface area contributed by atoms with E-state index in [1.807, 2.05) is 47.9 Å². The van der Waals surface area contributed by atoms with Gasteiger partial charge < -0.3 is 14.5 Å². The van der Waals surface area contributed by atoms with Crippen LogP contribution in [0, 0.1) is 11.8 Å². The average Bonchev–Trinajstić information content (AvgIpc) is 2.97. The number of carbonyl (C=O) groups is 2. The molecule has 1 aromatic rings. The first-order valence-corrected chi connectivity index (χ1v) is 11.6. The topological polar surface area (TPSA) is 53.1 Å². The minimum Gasteiger partial charge on any atom is -0.497 e. The van der Waals surface area contributed by atoms with Crippen molar-refractivity contribution in [3.63, 3.8) is 0 Å². The molecule has 2 aliphatic rings. The number of hydrogen-bond donors (Lipinski definition) is 0. The molecule has 0 saturated carbocycles. The molecule has 1 atom stereocenters. The molecule has 1 saturated heterocycles. The normalized spacial score (nSPS) is 20.5. The van der Waals surface area contributed by atoms with Gasteiger partial charge in [-0.15, -0.1) is 0 Å². The lowest BCUT2D eigenvalue weighted by molar-refractivity contribution is -0.138. The summed E-state index contributed by atoms with van der Waals surface area (Å²) in [7, 11) is 1.66. The molecule has 0 N–H and O–H groups in total. The zero-order chi connectivity index (χ0) is 22.2. The smallest absolute Gasteiger partial charge is 0.236 e. The minimum absolute atomic E-state index is 0.0324. The molecule has 0 spiro atoms. The van der Waals surface area contributed by atoms with Crippen LogP contribution in [-0.2, 0) is 16.1 Å². The van der Waals surface area contributed by atoms with Crippen molar-refractivity contribution in [3.05, 3.63) is 42.0 Å². The highest BCUT2D eigenvalue weighted by molar-refractivity contribution is 5.80. The van der Waals surface area contributed by atoms with Gasteiger partial charge in [-0.25, -0.2) is 0 Å². The van der Waals surface area contributed by atoms with Crippen LogP contribution in [0.5, 0.6) is 5.75 Å². The predicted molar refractivity (Wildman–Crippen MR) is 123 cm³/mol. The number of allylic oxidation sites excluding steroid dienone is 1. The molecule has 6 nitrogen and oxygen atoms in total. The Morgan fingerprint density at radius 2 is 1.90 bits per heavy atom.